The van der Waals surface area contributed by atoms with Crippen LogP contribution in [0.15, 0.2) is 52.0 Å². The summed E-state index contributed by atoms with van der Waals surface area (Å²) < 4.78 is 6.28. The Morgan fingerprint density at radius 1 is 1.30 bits per heavy atom. The number of ether oxygens (including phenoxy) is 1. The Bertz CT molecular complexity index is 717. The first-order chi connectivity index (χ1) is 11.1. The fraction of sp³-hybridized carbons (Fsp3) is 0.176. The SMILES string of the molecule is CCOc1ccc(/C=N\NC(=O)Nc2ccccc2C)cc1Br. The highest BCUT2D eigenvalue weighted by Gasteiger charge is 2.03. The summed E-state index contributed by atoms with van der Waals surface area (Å²) in [5.41, 5.74) is 5.02. The van der Waals surface area contributed by atoms with Crippen LogP contribution in [0.5, 0.6) is 5.75 Å². The van der Waals surface area contributed by atoms with E-state index in [1.165, 1.54) is 0 Å². The fourth-order valence-corrected chi connectivity index (χ4v) is 2.41. The van der Waals surface area contributed by atoms with Crippen LogP contribution in [0.1, 0.15) is 18.1 Å². The van der Waals surface area contributed by atoms with Crippen molar-refractivity contribution in [3.63, 3.8) is 0 Å². The van der Waals surface area contributed by atoms with Crippen LogP contribution >= 0.6 is 15.9 Å². The number of rotatable bonds is 5. The number of amides is 2. The van der Waals surface area contributed by atoms with E-state index >= 15 is 0 Å². The van der Waals surface area contributed by atoms with Crippen LogP contribution in [-0.2, 0) is 0 Å². The number of para-hydroxylation sites is 1. The van der Waals surface area contributed by atoms with Crippen LogP contribution in [0.4, 0.5) is 10.5 Å². The van der Waals surface area contributed by atoms with Gasteiger partial charge in [-0.05, 0) is 65.2 Å². The molecule has 0 radical (unpaired) electrons. The van der Waals surface area contributed by atoms with Gasteiger partial charge in [-0.3, -0.25) is 0 Å². The number of hydrogen-bond donors (Lipinski definition) is 2. The Hall–Kier alpha value is -2.34. The lowest BCUT2D eigenvalue weighted by atomic mass is 10.2. The van der Waals surface area contributed by atoms with Crippen molar-refractivity contribution in [2.75, 3.05) is 11.9 Å². The molecule has 0 saturated carbocycles. The van der Waals surface area contributed by atoms with Gasteiger partial charge in [0.15, 0.2) is 0 Å². The average Bonchev–Trinajstić information content (AvgIpc) is 2.52. The summed E-state index contributed by atoms with van der Waals surface area (Å²) >= 11 is 3.43. The molecule has 2 aromatic carbocycles. The minimum atomic E-state index is -0.388. The van der Waals surface area contributed by atoms with E-state index in [0.717, 1.165) is 27.0 Å². The van der Waals surface area contributed by atoms with E-state index in [9.17, 15) is 4.79 Å². The number of hydrazone groups is 1. The summed E-state index contributed by atoms with van der Waals surface area (Å²) in [5.74, 6) is 0.773. The van der Waals surface area contributed by atoms with Gasteiger partial charge < -0.3 is 10.1 Å². The maximum atomic E-state index is 11.8. The normalized spacial score (nSPS) is 10.6. The first kappa shape index (κ1) is 17.0. The Balaban J connectivity index is 1.92. The Labute approximate surface area is 143 Å². The molecule has 2 N–H and O–H groups in total. The van der Waals surface area contributed by atoms with Gasteiger partial charge in [-0.1, -0.05) is 18.2 Å². The van der Waals surface area contributed by atoms with E-state index in [1.807, 2.05) is 56.3 Å². The number of benzene rings is 2. The molecule has 0 saturated heterocycles. The molecule has 0 aliphatic heterocycles. The minimum absolute atomic E-state index is 0.388. The lowest BCUT2D eigenvalue weighted by molar-refractivity contribution is 0.252. The van der Waals surface area contributed by atoms with E-state index in [1.54, 1.807) is 6.21 Å². The van der Waals surface area contributed by atoms with Crippen LogP contribution in [0.3, 0.4) is 0 Å². The molecule has 2 aromatic rings. The molecule has 0 aliphatic carbocycles. The van der Waals surface area contributed by atoms with E-state index in [4.69, 9.17) is 4.74 Å². The predicted octanol–water partition coefficient (Wildman–Crippen LogP) is 4.31. The van der Waals surface area contributed by atoms with Crippen molar-refractivity contribution in [3.05, 3.63) is 58.1 Å². The molecule has 0 spiro atoms. The van der Waals surface area contributed by atoms with Crippen LogP contribution in [0, 0.1) is 6.92 Å². The predicted molar refractivity (Wildman–Crippen MR) is 96.2 cm³/mol. The monoisotopic (exact) mass is 375 g/mol. The van der Waals surface area contributed by atoms with Gasteiger partial charge in [0.2, 0.25) is 0 Å². The molecule has 2 amide bonds. The summed E-state index contributed by atoms with van der Waals surface area (Å²) in [6, 6.07) is 12.7. The number of urea groups is 1. The van der Waals surface area contributed by atoms with Crippen LogP contribution in [0.25, 0.3) is 0 Å². The molecular weight excluding hydrogens is 358 g/mol. The topological polar surface area (TPSA) is 62.7 Å². The smallest absolute Gasteiger partial charge is 0.339 e. The minimum Gasteiger partial charge on any atom is -0.493 e. The van der Waals surface area contributed by atoms with Crippen LogP contribution < -0.4 is 15.5 Å². The summed E-state index contributed by atoms with van der Waals surface area (Å²) in [7, 11) is 0. The molecule has 0 unspecified atom stereocenters. The maximum absolute atomic E-state index is 11.8. The molecule has 23 heavy (non-hydrogen) atoms. The Kier molecular flexibility index (Phi) is 6.17. The molecule has 0 aliphatic rings. The fourth-order valence-electron chi connectivity index (χ4n) is 1.90. The highest BCUT2D eigenvalue weighted by atomic mass is 79.9. The van der Waals surface area contributed by atoms with Crippen molar-refractivity contribution in [1.82, 2.24) is 5.43 Å². The summed E-state index contributed by atoms with van der Waals surface area (Å²) in [6.07, 6.45) is 1.57. The third-order valence-corrected chi connectivity index (χ3v) is 3.65. The molecule has 2 rings (SSSR count). The van der Waals surface area contributed by atoms with E-state index < -0.39 is 0 Å². The second-order valence-electron chi connectivity index (χ2n) is 4.76. The first-order valence-electron chi connectivity index (χ1n) is 7.18. The van der Waals surface area contributed by atoms with Gasteiger partial charge in [0.25, 0.3) is 0 Å². The number of hydrogen-bond acceptors (Lipinski definition) is 3. The van der Waals surface area contributed by atoms with Crippen molar-refractivity contribution >= 4 is 33.9 Å². The molecule has 0 heterocycles. The largest absolute Gasteiger partial charge is 0.493 e. The summed E-state index contributed by atoms with van der Waals surface area (Å²) in [4.78, 5) is 11.8. The quantitative estimate of drug-likeness (QED) is 0.603. The second kappa shape index (κ2) is 8.33. The number of nitrogens with one attached hydrogen (secondary N) is 2. The Morgan fingerprint density at radius 2 is 2.09 bits per heavy atom. The van der Waals surface area contributed by atoms with E-state index in [2.05, 4.69) is 31.8 Å². The first-order valence-corrected chi connectivity index (χ1v) is 7.97. The highest BCUT2D eigenvalue weighted by Crippen LogP contribution is 2.25. The van der Waals surface area contributed by atoms with E-state index in [0.29, 0.717) is 6.61 Å². The number of aryl methyl sites for hydroxylation is 1. The molecule has 0 atom stereocenters. The van der Waals surface area contributed by atoms with Gasteiger partial charge in [0, 0.05) is 5.69 Å². The van der Waals surface area contributed by atoms with E-state index in [-0.39, 0.29) is 6.03 Å². The molecule has 0 bridgehead atoms. The van der Waals surface area contributed by atoms with Crippen LogP contribution in [0.2, 0.25) is 0 Å². The average molecular weight is 376 g/mol. The molecule has 0 fully saturated rings. The lowest BCUT2D eigenvalue weighted by Crippen LogP contribution is -2.24. The van der Waals surface area contributed by atoms with Crippen molar-refractivity contribution in [2.24, 2.45) is 5.10 Å². The third kappa shape index (κ3) is 5.10. The molecule has 6 heteroatoms. The summed E-state index contributed by atoms with van der Waals surface area (Å²) in [6.45, 7) is 4.46. The van der Waals surface area contributed by atoms with Crippen molar-refractivity contribution < 1.29 is 9.53 Å². The second-order valence-corrected chi connectivity index (χ2v) is 5.62. The van der Waals surface area contributed by atoms with Crippen molar-refractivity contribution in [1.29, 1.82) is 0 Å². The van der Waals surface area contributed by atoms with Gasteiger partial charge in [-0.15, -0.1) is 0 Å². The van der Waals surface area contributed by atoms with Crippen molar-refractivity contribution in [3.8, 4) is 5.75 Å². The molecule has 120 valence electrons. The van der Waals surface area contributed by atoms with Gasteiger partial charge in [-0.25, -0.2) is 10.2 Å². The zero-order valence-corrected chi connectivity index (χ0v) is 14.6. The van der Waals surface area contributed by atoms with Gasteiger partial charge in [-0.2, -0.15) is 5.10 Å². The Morgan fingerprint density at radius 3 is 2.78 bits per heavy atom. The molecule has 5 nitrogen and oxygen atoms in total. The number of carbonyl (C=O) groups excluding carboxylic acids is 1. The summed E-state index contributed by atoms with van der Waals surface area (Å²) in [5, 5.41) is 6.68. The van der Waals surface area contributed by atoms with Gasteiger partial charge in [0.05, 0.1) is 17.3 Å². The zero-order chi connectivity index (χ0) is 16.7. The number of anilines is 1. The standard InChI is InChI=1S/C17H18BrN3O2/c1-3-23-16-9-8-13(10-14(16)18)11-19-21-17(22)20-15-7-5-4-6-12(15)2/h4-11H,3H2,1-2H3,(H2,20,21,22)/b19-11-. The number of carbonyl (C=O) groups is 1. The molecular formula is C17H18BrN3O2. The maximum Gasteiger partial charge on any atom is 0.339 e. The van der Waals surface area contributed by atoms with Gasteiger partial charge >= 0.3 is 6.03 Å². The van der Waals surface area contributed by atoms with Crippen LogP contribution in [-0.4, -0.2) is 18.9 Å². The lowest BCUT2D eigenvalue weighted by Gasteiger charge is -2.07. The third-order valence-electron chi connectivity index (χ3n) is 3.03. The highest BCUT2D eigenvalue weighted by molar-refractivity contribution is 9.10. The van der Waals surface area contributed by atoms with Gasteiger partial charge in [0.1, 0.15) is 5.75 Å². The molecule has 0 aromatic heterocycles. The number of nitrogens with zero attached hydrogens (tertiary/aromatic N) is 1. The zero-order valence-electron chi connectivity index (χ0n) is 13.0. The van der Waals surface area contributed by atoms with Crippen molar-refractivity contribution in [2.45, 2.75) is 13.8 Å². The number of halogens is 1.